The molecular formula is C14H22N2O3S2. The van der Waals surface area contributed by atoms with E-state index in [-0.39, 0.29) is 16.0 Å². The molecule has 5 nitrogen and oxygen atoms in total. The smallest absolute Gasteiger partial charge is 0.240 e. The molecule has 0 radical (unpaired) electrons. The van der Waals surface area contributed by atoms with Gasteiger partial charge in [-0.2, -0.15) is 0 Å². The number of rotatable bonds is 9. The molecule has 0 spiro atoms. The highest BCUT2D eigenvalue weighted by molar-refractivity contribution is 7.89. The lowest BCUT2D eigenvalue weighted by Crippen LogP contribution is -2.25. The average Bonchev–Trinajstić information content (AvgIpc) is 2.42. The van der Waals surface area contributed by atoms with Crippen LogP contribution in [0, 0.1) is 0 Å². The summed E-state index contributed by atoms with van der Waals surface area (Å²) in [6.45, 7) is 4.95. The van der Waals surface area contributed by atoms with Crippen LogP contribution in [-0.4, -0.2) is 32.7 Å². The van der Waals surface area contributed by atoms with E-state index in [9.17, 15) is 8.42 Å². The fourth-order valence-electron chi connectivity index (χ4n) is 1.65. The van der Waals surface area contributed by atoms with Gasteiger partial charge in [-0.15, -0.1) is 0 Å². The fourth-order valence-corrected chi connectivity index (χ4v) is 2.90. The van der Waals surface area contributed by atoms with Gasteiger partial charge in [0.25, 0.3) is 0 Å². The summed E-state index contributed by atoms with van der Waals surface area (Å²) in [6, 6.07) is 6.31. The van der Waals surface area contributed by atoms with Gasteiger partial charge in [0.1, 0.15) is 4.99 Å². The summed E-state index contributed by atoms with van der Waals surface area (Å²) < 4.78 is 32.2. The zero-order valence-corrected chi connectivity index (χ0v) is 14.0. The first-order valence-electron chi connectivity index (χ1n) is 6.84. The number of unbranched alkanes of at least 4 members (excludes halogenated alkanes) is 1. The van der Waals surface area contributed by atoms with Crippen LogP contribution < -0.4 is 10.5 Å². The predicted molar refractivity (Wildman–Crippen MR) is 87.8 cm³/mol. The number of nitrogens with two attached hydrogens (primary N) is 1. The molecule has 21 heavy (non-hydrogen) atoms. The van der Waals surface area contributed by atoms with Crippen LogP contribution in [0.4, 0.5) is 0 Å². The summed E-state index contributed by atoms with van der Waals surface area (Å²) in [5.74, 6) is 0. The molecule has 3 N–H and O–H groups in total. The summed E-state index contributed by atoms with van der Waals surface area (Å²) in [5.41, 5.74) is 6.05. The topological polar surface area (TPSA) is 81.4 Å². The molecule has 0 atom stereocenters. The molecule has 1 aromatic rings. The molecule has 0 aliphatic heterocycles. The first kappa shape index (κ1) is 18.0. The Kier molecular flexibility index (Phi) is 7.24. The predicted octanol–water partition coefficient (Wildman–Crippen LogP) is 1.80. The highest BCUT2D eigenvalue weighted by atomic mass is 32.2. The molecule has 7 heteroatoms. The second-order valence-corrected chi connectivity index (χ2v) is 7.12. The second kappa shape index (κ2) is 8.43. The molecule has 118 valence electrons. The van der Waals surface area contributed by atoms with Gasteiger partial charge in [0.2, 0.25) is 10.0 Å². The van der Waals surface area contributed by atoms with E-state index in [1.165, 1.54) is 12.1 Å². The molecule has 0 unspecified atom stereocenters. The Bertz CT molecular complexity index is 571. The van der Waals surface area contributed by atoms with Crippen molar-refractivity contribution in [3.63, 3.8) is 0 Å². The van der Waals surface area contributed by atoms with Gasteiger partial charge >= 0.3 is 0 Å². The Morgan fingerprint density at radius 1 is 1.38 bits per heavy atom. The van der Waals surface area contributed by atoms with E-state index in [4.69, 9.17) is 22.7 Å². The van der Waals surface area contributed by atoms with Gasteiger partial charge in [-0.3, -0.25) is 0 Å². The SMILES string of the molecule is CC(C)OCCCCNS(=O)(=O)c1cccc(C(N)=S)c1. The zero-order chi connectivity index (χ0) is 15.9. The van der Waals surface area contributed by atoms with E-state index in [1.807, 2.05) is 13.8 Å². The summed E-state index contributed by atoms with van der Waals surface area (Å²) in [6.07, 6.45) is 1.73. The maximum Gasteiger partial charge on any atom is 0.240 e. The van der Waals surface area contributed by atoms with Crippen LogP contribution in [0.2, 0.25) is 0 Å². The lowest BCUT2D eigenvalue weighted by atomic mass is 10.2. The van der Waals surface area contributed by atoms with Crippen molar-refractivity contribution in [3.8, 4) is 0 Å². The van der Waals surface area contributed by atoms with Crippen LogP contribution >= 0.6 is 12.2 Å². The van der Waals surface area contributed by atoms with E-state index in [1.54, 1.807) is 12.1 Å². The molecule has 1 rings (SSSR count). The quantitative estimate of drug-likeness (QED) is 0.533. The first-order chi connectivity index (χ1) is 9.83. The van der Waals surface area contributed by atoms with Crippen molar-refractivity contribution < 1.29 is 13.2 Å². The number of ether oxygens (including phenoxy) is 1. The van der Waals surface area contributed by atoms with Gasteiger partial charge in [0, 0.05) is 18.7 Å². The minimum atomic E-state index is -3.53. The van der Waals surface area contributed by atoms with E-state index < -0.39 is 10.0 Å². The Hall–Kier alpha value is -1.02. The molecule has 0 fully saturated rings. The van der Waals surface area contributed by atoms with Crippen LogP contribution in [0.1, 0.15) is 32.3 Å². The normalized spacial score (nSPS) is 11.8. The number of nitrogens with one attached hydrogen (secondary N) is 1. The number of hydrogen-bond acceptors (Lipinski definition) is 4. The molecule has 0 aliphatic rings. The monoisotopic (exact) mass is 330 g/mol. The Labute approximate surface area is 131 Å². The average molecular weight is 330 g/mol. The third-order valence-electron chi connectivity index (χ3n) is 2.74. The first-order valence-corrected chi connectivity index (χ1v) is 8.73. The van der Waals surface area contributed by atoms with E-state index in [0.29, 0.717) is 18.7 Å². The molecular weight excluding hydrogens is 308 g/mol. The number of sulfonamides is 1. The highest BCUT2D eigenvalue weighted by Crippen LogP contribution is 2.11. The highest BCUT2D eigenvalue weighted by Gasteiger charge is 2.14. The van der Waals surface area contributed by atoms with Crippen LogP contribution in [0.3, 0.4) is 0 Å². The van der Waals surface area contributed by atoms with Crippen molar-refractivity contribution >= 4 is 27.2 Å². The van der Waals surface area contributed by atoms with Crippen LogP contribution in [0.5, 0.6) is 0 Å². The fraction of sp³-hybridized carbons (Fsp3) is 0.500. The zero-order valence-electron chi connectivity index (χ0n) is 12.3. The summed E-state index contributed by atoms with van der Waals surface area (Å²) in [4.78, 5) is 0.351. The molecule has 0 amide bonds. The van der Waals surface area contributed by atoms with Gasteiger partial charge in [0.15, 0.2) is 0 Å². The van der Waals surface area contributed by atoms with Gasteiger partial charge in [-0.1, -0.05) is 24.4 Å². The van der Waals surface area contributed by atoms with Gasteiger partial charge in [-0.05, 0) is 38.8 Å². The number of hydrogen-bond donors (Lipinski definition) is 2. The van der Waals surface area contributed by atoms with E-state index in [2.05, 4.69) is 4.72 Å². The molecule has 0 saturated carbocycles. The molecule has 1 aromatic carbocycles. The summed E-state index contributed by atoms with van der Waals surface area (Å²) >= 11 is 4.85. The molecule has 0 aliphatic carbocycles. The van der Waals surface area contributed by atoms with E-state index >= 15 is 0 Å². The van der Waals surface area contributed by atoms with Gasteiger partial charge < -0.3 is 10.5 Å². The largest absolute Gasteiger partial charge is 0.389 e. The molecule has 0 aromatic heterocycles. The Morgan fingerprint density at radius 2 is 2.10 bits per heavy atom. The lowest BCUT2D eigenvalue weighted by molar-refractivity contribution is 0.0762. The van der Waals surface area contributed by atoms with Crippen molar-refractivity contribution in [1.82, 2.24) is 4.72 Å². The molecule has 0 bridgehead atoms. The number of benzene rings is 1. The molecule has 0 saturated heterocycles. The lowest BCUT2D eigenvalue weighted by Gasteiger charge is -2.09. The van der Waals surface area contributed by atoms with Crippen molar-refractivity contribution in [2.24, 2.45) is 5.73 Å². The van der Waals surface area contributed by atoms with Crippen LogP contribution in [0.15, 0.2) is 29.2 Å². The maximum atomic E-state index is 12.1. The van der Waals surface area contributed by atoms with Crippen LogP contribution in [-0.2, 0) is 14.8 Å². The standard InChI is InChI=1S/C14H22N2O3S2/c1-11(2)19-9-4-3-8-16-21(17,18)13-7-5-6-12(10-13)14(15)20/h5-7,10-11,16H,3-4,8-9H2,1-2H3,(H2,15,20). The third-order valence-corrected chi connectivity index (χ3v) is 4.44. The maximum absolute atomic E-state index is 12.1. The summed E-state index contributed by atoms with van der Waals surface area (Å²) in [5, 5.41) is 0. The number of thiocarbonyl (C=S) groups is 1. The van der Waals surface area contributed by atoms with Crippen molar-refractivity contribution in [1.29, 1.82) is 0 Å². The Balaban J connectivity index is 2.50. The second-order valence-electron chi connectivity index (χ2n) is 4.92. The Morgan fingerprint density at radius 3 is 2.71 bits per heavy atom. The summed E-state index contributed by atoms with van der Waals surface area (Å²) in [7, 11) is -3.53. The van der Waals surface area contributed by atoms with Gasteiger partial charge in [-0.25, -0.2) is 13.1 Å². The van der Waals surface area contributed by atoms with Crippen molar-refractivity contribution in [2.75, 3.05) is 13.2 Å². The van der Waals surface area contributed by atoms with Crippen LogP contribution in [0.25, 0.3) is 0 Å². The third kappa shape index (κ3) is 6.52. The minimum absolute atomic E-state index is 0.172. The van der Waals surface area contributed by atoms with Crippen molar-refractivity contribution in [2.45, 2.75) is 37.7 Å². The minimum Gasteiger partial charge on any atom is -0.389 e. The van der Waals surface area contributed by atoms with Crippen molar-refractivity contribution in [3.05, 3.63) is 29.8 Å². The van der Waals surface area contributed by atoms with E-state index in [0.717, 1.165) is 12.8 Å². The molecule has 0 heterocycles. The van der Waals surface area contributed by atoms with Gasteiger partial charge in [0.05, 0.1) is 11.0 Å².